The van der Waals surface area contributed by atoms with Crippen molar-refractivity contribution in [3.05, 3.63) is 0 Å². The average molecular weight is 204 g/mol. The van der Waals surface area contributed by atoms with Gasteiger partial charge in [-0.05, 0) is 19.9 Å². The molecule has 1 unspecified atom stereocenters. The van der Waals surface area contributed by atoms with Crippen LogP contribution in [-0.4, -0.2) is 50.5 Å². The number of amides is 1. The zero-order chi connectivity index (χ0) is 10.8. The molecule has 14 heavy (non-hydrogen) atoms. The van der Waals surface area contributed by atoms with E-state index in [1.54, 1.807) is 14.0 Å². The van der Waals surface area contributed by atoms with Gasteiger partial charge < -0.3 is 20.5 Å². The predicted octanol–water partition coefficient (Wildman–Crippen LogP) is -0.890. The van der Waals surface area contributed by atoms with E-state index in [0.29, 0.717) is 26.1 Å². The Kier molecular flexibility index (Phi) is 8.51. The Hall–Kier alpha value is -0.650. The first-order valence-corrected chi connectivity index (χ1v) is 4.83. The molecule has 0 aliphatic carbocycles. The number of methoxy groups -OCH3 is 1. The fourth-order valence-corrected chi connectivity index (χ4v) is 0.920. The molecular formula is C9H20N2O3. The molecular weight excluding hydrogens is 184 g/mol. The number of hydrogen-bond acceptors (Lipinski definition) is 4. The summed E-state index contributed by atoms with van der Waals surface area (Å²) in [5, 5.41) is 14.3. The highest BCUT2D eigenvalue weighted by Crippen LogP contribution is 1.83. The van der Waals surface area contributed by atoms with Crippen molar-refractivity contribution in [2.75, 3.05) is 33.4 Å². The third kappa shape index (κ3) is 6.82. The van der Waals surface area contributed by atoms with Gasteiger partial charge in [0.2, 0.25) is 5.91 Å². The number of ether oxygens (including phenoxy) is 1. The number of carbonyl (C=O) groups excluding carboxylic acids is 1. The molecule has 0 saturated heterocycles. The van der Waals surface area contributed by atoms with Crippen LogP contribution in [0.25, 0.3) is 0 Å². The van der Waals surface area contributed by atoms with Crippen molar-refractivity contribution in [2.45, 2.75) is 19.4 Å². The molecule has 0 aromatic carbocycles. The van der Waals surface area contributed by atoms with E-state index in [1.165, 1.54) is 0 Å². The quantitative estimate of drug-likeness (QED) is 0.449. The number of aliphatic hydroxyl groups is 1. The third-order valence-electron chi connectivity index (χ3n) is 1.78. The lowest BCUT2D eigenvalue weighted by molar-refractivity contribution is -0.122. The molecule has 0 heterocycles. The maximum absolute atomic E-state index is 11.3. The zero-order valence-electron chi connectivity index (χ0n) is 8.88. The van der Waals surface area contributed by atoms with Gasteiger partial charge in [0.15, 0.2) is 0 Å². The first-order chi connectivity index (χ1) is 6.72. The first-order valence-electron chi connectivity index (χ1n) is 4.83. The molecule has 5 nitrogen and oxygen atoms in total. The maximum atomic E-state index is 11.3. The SMILES string of the molecule is COCCNC(=O)C(C)NCCCO. The molecule has 0 spiro atoms. The maximum Gasteiger partial charge on any atom is 0.236 e. The van der Waals surface area contributed by atoms with Gasteiger partial charge in [0.25, 0.3) is 0 Å². The highest BCUT2D eigenvalue weighted by Gasteiger charge is 2.09. The molecule has 0 rings (SSSR count). The van der Waals surface area contributed by atoms with Crippen LogP contribution in [0, 0.1) is 0 Å². The molecule has 0 fully saturated rings. The highest BCUT2D eigenvalue weighted by molar-refractivity contribution is 5.81. The van der Waals surface area contributed by atoms with Crippen LogP contribution in [0.3, 0.4) is 0 Å². The lowest BCUT2D eigenvalue weighted by atomic mass is 10.3. The van der Waals surface area contributed by atoms with Crippen LogP contribution in [-0.2, 0) is 9.53 Å². The van der Waals surface area contributed by atoms with Crippen molar-refractivity contribution < 1.29 is 14.6 Å². The van der Waals surface area contributed by atoms with Crippen LogP contribution < -0.4 is 10.6 Å². The van der Waals surface area contributed by atoms with Gasteiger partial charge in [-0.1, -0.05) is 0 Å². The van der Waals surface area contributed by atoms with E-state index in [2.05, 4.69) is 10.6 Å². The Labute approximate surface area is 84.8 Å². The zero-order valence-corrected chi connectivity index (χ0v) is 8.88. The Bertz CT molecular complexity index is 153. The third-order valence-corrected chi connectivity index (χ3v) is 1.78. The van der Waals surface area contributed by atoms with Crippen molar-refractivity contribution in [1.29, 1.82) is 0 Å². The van der Waals surface area contributed by atoms with Gasteiger partial charge in [-0.2, -0.15) is 0 Å². The van der Waals surface area contributed by atoms with E-state index in [0.717, 1.165) is 0 Å². The van der Waals surface area contributed by atoms with Crippen LogP contribution in [0.1, 0.15) is 13.3 Å². The molecule has 84 valence electrons. The van der Waals surface area contributed by atoms with E-state index in [9.17, 15) is 4.79 Å². The fourth-order valence-electron chi connectivity index (χ4n) is 0.920. The summed E-state index contributed by atoms with van der Waals surface area (Å²) in [6, 6.07) is -0.224. The van der Waals surface area contributed by atoms with E-state index < -0.39 is 0 Å². The average Bonchev–Trinajstić information content (AvgIpc) is 2.18. The largest absolute Gasteiger partial charge is 0.396 e. The number of nitrogens with one attached hydrogen (secondary N) is 2. The molecule has 1 amide bonds. The van der Waals surface area contributed by atoms with Crippen LogP contribution >= 0.6 is 0 Å². The van der Waals surface area contributed by atoms with Gasteiger partial charge >= 0.3 is 0 Å². The van der Waals surface area contributed by atoms with Crippen LogP contribution in [0.4, 0.5) is 0 Å². The van der Waals surface area contributed by atoms with E-state index >= 15 is 0 Å². The number of carbonyl (C=O) groups is 1. The molecule has 5 heteroatoms. The number of rotatable bonds is 8. The molecule has 3 N–H and O–H groups in total. The summed E-state index contributed by atoms with van der Waals surface area (Å²) in [5.74, 6) is -0.0417. The second kappa shape index (κ2) is 8.93. The van der Waals surface area contributed by atoms with Crippen LogP contribution in [0.2, 0.25) is 0 Å². The summed E-state index contributed by atoms with van der Waals surface area (Å²) in [6.45, 7) is 3.64. The predicted molar refractivity (Wildman–Crippen MR) is 54.1 cm³/mol. The molecule has 1 atom stereocenters. The normalized spacial score (nSPS) is 12.5. The van der Waals surface area contributed by atoms with Crippen molar-refractivity contribution in [3.63, 3.8) is 0 Å². The monoisotopic (exact) mass is 204 g/mol. The lowest BCUT2D eigenvalue weighted by Crippen LogP contribution is -2.43. The molecule has 0 saturated carbocycles. The van der Waals surface area contributed by atoms with E-state index in [1.807, 2.05) is 0 Å². The summed E-state index contributed by atoms with van der Waals surface area (Å²) in [6.07, 6.45) is 0.662. The fraction of sp³-hybridized carbons (Fsp3) is 0.889. The molecule has 0 bridgehead atoms. The minimum atomic E-state index is -0.224. The molecule has 0 aliphatic heterocycles. The van der Waals surface area contributed by atoms with Crippen molar-refractivity contribution >= 4 is 5.91 Å². The topological polar surface area (TPSA) is 70.6 Å². The molecule has 0 aliphatic rings. The number of aliphatic hydroxyl groups excluding tert-OH is 1. The van der Waals surface area contributed by atoms with Gasteiger partial charge in [-0.15, -0.1) is 0 Å². The second-order valence-corrected chi connectivity index (χ2v) is 3.04. The second-order valence-electron chi connectivity index (χ2n) is 3.04. The Morgan fingerprint density at radius 1 is 1.50 bits per heavy atom. The lowest BCUT2D eigenvalue weighted by Gasteiger charge is -2.13. The molecule has 0 radical (unpaired) electrons. The van der Waals surface area contributed by atoms with Gasteiger partial charge in [0, 0.05) is 20.3 Å². The highest BCUT2D eigenvalue weighted by atomic mass is 16.5. The summed E-state index contributed by atoms with van der Waals surface area (Å²) >= 11 is 0. The van der Waals surface area contributed by atoms with Crippen LogP contribution in [0.15, 0.2) is 0 Å². The van der Waals surface area contributed by atoms with Gasteiger partial charge in [0.05, 0.1) is 12.6 Å². The van der Waals surface area contributed by atoms with Gasteiger partial charge in [-0.25, -0.2) is 0 Å². The summed E-state index contributed by atoms with van der Waals surface area (Å²) in [7, 11) is 1.59. The van der Waals surface area contributed by atoms with Crippen molar-refractivity contribution in [3.8, 4) is 0 Å². The summed E-state index contributed by atoms with van der Waals surface area (Å²) < 4.78 is 4.80. The minimum Gasteiger partial charge on any atom is -0.396 e. The molecule has 0 aromatic heterocycles. The van der Waals surface area contributed by atoms with E-state index in [4.69, 9.17) is 9.84 Å². The van der Waals surface area contributed by atoms with Crippen molar-refractivity contribution in [2.24, 2.45) is 0 Å². The summed E-state index contributed by atoms with van der Waals surface area (Å²) in [5.41, 5.74) is 0. The van der Waals surface area contributed by atoms with Crippen molar-refractivity contribution in [1.82, 2.24) is 10.6 Å². The number of hydrogen-bond donors (Lipinski definition) is 3. The van der Waals surface area contributed by atoms with E-state index in [-0.39, 0.29) is 18.6 Å². The van der Waals surface area contributed by atoms with Crippen LogP contribution in [0.5, 0.6) is 0 Å². The standard InChI is InChI=1S/C9H20N2O3/c1-8(10-4-3-6-12)9(13)11-5-7-14-2/h8,10,12H,3-7H2,1-2H3,(H,11,13). The Morgan fingerprint density at radius 3 is 2.79 bits per heavy atom. The smallest absolute Gasteiger partial charge is 0.236 e. The summed E-state index contributed by atoms with van der Waals surface area (Å²) in [4.78, 5) is 11.3. The van der Waals surface area contributed by atoms with Gasteiger partial charge in [-0.3, -0.25) is 4.79 Å². The Balaban J connectivity index is 3.44. The Morgan fingerprint density at radius 2 is 2.21 bits per heavy atom. The van der Waals surface area contributed by atoms with Gasteiger partial charge in [0.1, 0.15) is 0 Å². The first kappa shape index (κ1) is 13.4. The minimum absolute atomic E-state index is 0.0417. The molecule has 0 aromatic rings.